The van der Waals surface area contributed by atoms with Crippen molar-refractivity contribution in [2.45, 2.75) is 51.6 Å². The number of thiazole rings is 1. The van der Waals surface area contributed by atoms with E-state index in [2.05, 4.69) is 48.0 Å². The van der Waals surface area contributed by atoms with Gasteiger partial charge in [-0.1, -0.05) is 13.8 Å². The summed E-state index contributed by atoms with van der Waals surface area (Å²) in [4.78, 5) is 7.06. The Bertz CT molecular complexity index is 610. The largest absolute Gasteiger partial charge is 0.296 e. The Morgan fingerprint density at radius 1 is 1.38 bits per heavy atom. The number of hydrogen-bond donors (Lipinski definition) is 0. The standard InChI is InChI=1S/C16H24N4S/c1-11(2)16-18-14(10-21-16)9-19(3)8-13-7-17-20(4)15(13)12-5-6-12/h7,10-12H,5-6,8-9H2,1-4H3. The number of nitrogens with zero attached hydrogens (tertiary/aromatic N) is 4. The van der Waals surface area contributed by atoms with Crippen molar-refractivity contribution in [3.8, 4) is 0 Å². The fourth-order valence-electron chi connectivity index (χ4n) is 2.78. The van der Waals surface area contributed by atoms with E-state index in [4.69, 9.17) is 4.98 Å². The molecule has 0 saturated heterocycles. The minimum Gasteiger partial charge on any atom is -0.296 e. The van der Waals surface area contributed by atoms with Crippen molar-refractivity contribution in [3.05, 3.63) is 33.5 Å². The molecule has 3 rings (SSSR count). The van der Waals surface area contributed by atoms with Crippen molar-refractivity contribution >= 4 is 11.3 Å². The summed E-state index contributed by atoms with van der Waals surface area (Å²) in [7, 11) is 4.23. The molecule has 4 nitrogen and oxygen atoms in total. The lowest BCUT2D eigenvalue weighted by Gasteiger charge is -2.15. The SMILES string of the molecule is CC(C)c1nc(CN(C)Cc2cnn(C)c2C2CC2)cs1. The van der Waals surface area contributed by atoms with E-state index in [9.17, 15) is 0 Å². The minimum atomic E-state index is 0.522. The van der Waals surface area contributed by atoms with Gasteiger partial charge < -0.3 is 0 Å². The van der Waals surface area contributed by atoms with E-state index in [0.717, 1.165) is 19.0 Å². The van der Waals surface area contributed by atoms with Gasteiger partial charge in [0.15, 0.2) is 0 Å². The van der Waals surface area contributed by atoms with Crippen molar-refractivity contribution < 1.29 is 0 Å². The lowest BCUT2D eigenvalue weighted by atomic mass is 10.1. The Labute approximate surface area is 130 Å². The summed E-state index contributed by atoms with van der Waals surface area (Å²) in [5.74, 6) is 1.27. The van der Waals surface area contributed by atoms with E-state index in [0.29, 0.717) is 5.92 Å². The lowest BCUT2D eigenvalue weighted by molar-refractivity contribution is 0.314. The fourth-order valence-corrected chi connectivity index (χ4v) is 3.61. The molecule has 0 N–H and O–H groups in total. The van der Waals surface area contributed by atoms with Crippen LogP contribution >= 0.6 is 11.3 Å². The third kappa shape index (κ3) is 3.35. The Balaban J connectivity index is 1.64. The van der Waals surface area contributed by atoms with Crippen LogP contribution in [-0.2, 0) is 20.1 Å². The molecule has 0 aliphatic heterocycles. The van der Waals surface area contributed by atoms with Crippen LogP contribution in [0.4, 0.5) is 0 Å². The number of aryl methyl sites for hydroxylation is 1. The van der Waals surface area contributed by atoms with Gasteiger partial charge in [0.1, 0.15) is 0 Å². The van der Waals surface area contributed by atoms with Gasteiger partial charge in [-0.25, -0.2) is 4.98 Å². The maximum Gasteiger partial charge on any atom is 0.0954 e. The van der Waals surface area contributed by atoms with Gasteiger partial charge in [-0.05, 0) is 19.9 Å². The molecule has 2 aromatic heterocycles. The summed E-state index contributed by atoms with van der Waals surface area (Å²) in [5.41, 5.74) is 3.99. The van der Waals surface area contributed by atoms with Crippen LogP contribution in [0.25, 0.3) is 0 Å². The van der Waals surface area contributed by atoms with Crippen molar-refractivity contribution in [2.24, 2.45) is 7.05 Å². The molecule has 1 fully saturated rings. The molecule has 2 heterocycles. The van der Waals surface area contributed by atoms with Crippen LogP contribution in [0, 0.1) is 0 Å². The molecule has 0 atom stereocenters. The van der Waals surface area contributed by atoms with Crippen LogP contribution in [0.15, 0.2) is 11.6 Å². The number of rotatable bonds is 6. The van der Waals surface area contributed by atoms with Crippen molar-refractivity contribution in [2.75, 3.05) is 7.05 Å². The number of aromatic nitrogens is 3. The Morgan fingerprint density at radius 3 is 2.76 bits per heavy atom. The molecule has 114 valence electrons. The highest BCUT2D eigenvalue weighted by Crippen LogP contribution is 2.41. The van der Waals surface area contributed by atoms with Crippen LogP contribution < -0.4 is 0 Å². The second-order valence-electron chi connectivity index (χ2n) is 6.46. The van der Waals surface area contributed by atoms with Crippen molar-refractivity contribution in [3.63, 3.8) is 0 Å². The lowest BCUT2D eigenvalue weighted by Crippen LogP contribution is -2.18. The summed E-state index contributed by atoms with van der Waals surface area (Å²) in [6, 6.07) is 0. The summed E-state index contributed by atoms with van der Waals surface area (Å²) >= 11 is 1.77. The minimum absolute atomic E-state index is 0.522. The predicted octanol–water partition coefficient (Wildman–Crippen LogP) is 3.51. The van der Waals surface area contributed by atoms with Gasteiger partial charge in [0.25, 0.3) is 0 Å². The molecule has 1 saturated carbocycles. The molecule has 0 spiro atoms. The highest BCUT2D eigenvalue weighted by molar-refractivity contribution is 7.09. The van der Waals surface area contributed by atoms with Gasteiger partial charge in [-0.15, -0.1) is 11.3 Å². The summed E-state index contributed by atoms with van der Waals surface area (Å²) in [6.07, 6.45) is 4.67. The summed E-state index contributed by atoms with van der Waals surface area (Å²) in [6.45, 7) is 6.25. The van der Waals surface area contributed by atoms with Crippen LogP contribution in [0.1, 0.15) is 60.5 Å². The first kappa shape index (κ1) is 14.7. The molecule has 1 aliphatic carbocycles. The zero-order chi connectivity index (χ0) is 15.0. The van der Waals surface area contributed by atoms with E-state index < -0.39 is 0 Å². The number of hydrogen-bond acceptors (Lipinski definition) is 4. The molecule has 0 radical (unpaired) electrons. The maximum atomic E-state index is 4.72. The topological polar surface area (TPSA) is 34.0 Å². The third-order valence-electron chi connectivity index (χ3n) is 3.96. The van der Waals surface area contributed by atoms with Crippen LogP contribution in [0.3, 0.4) is 0 Å². The van der Waals surface area contributed by atoms with Gasteiger partial charge in [0, 0.05) is 48.6 Å². The summed E-state index contributed by atoms with van der Waals surface area (Å²) < 4.78 is 2.06. The zero-order valence-electron chi connectivity index (χ0n) is 13.3. The van der Waals surface area contributed by atoms with Gasteiger partial charge >= 0.3 is 0 Å². The molecule has 1 aliphatic rings. The zero-order valence-corrected chi connectivity index (χ0v) is 14.2. The van der Waals surface area contributed by atoms with E-state index in [1.807, 2.05) is 6.20 Å². The second kappa shape index (κ2) is 5.89. The normalized spacial score (nSPS) is 15.3. The first-order valence-electron chi connectivity index (χ1n) is 7.68. The highest BCUT2D eigenvalue weighted by Gasteiger charge is 2.29. The first-order valence-corrected chi connectivity index (χ1v) is 8.56. The molecule has 2 aromatic rings. The van der Waals surface area contributed by atoms with Crippen LogP contribution in [0.5, 0.6) is 0 Å². The molecule has 0 unspecified atom stereocenters. The predicted molar refractivity (Wildman–Crippen MR) is 86.6 cm³/mol. The Kier molecular flexibility index (Phi) is 4.13. The van der Waals surface area contributed by atoms with Crippen molar-refractivity contribution in [1.82, 2.24) is 19.7 Å². The maximum absolute atomic E-state index is 4.72. The van der Waals surface area contributed by atoms with E-state index in [1.165, 1.54) is 34.8 Å². The van der Waals surface area contributed by atoms with Gasteiger partial charge in [-0.2, -0.15) is 5.10 Å². The van der Waals surface area contributed by atoms with E-state index in [1.54, 1.807) is 11.3 Å². The average Bonchev–Trinajstić information content (AvgIpc) is 3.03. The van der Waals surface area contributed by atoms with Crippen LogP contribution in [-0.4, -0.2) is 26.7 Å². The van der Waals surface area contributed by atoms with E-state index in [-0.39, 0.29) is 0 Å². The third-order valence-corrected chi connectivity index (χ3v) is 5.16. The summed E-state index contributed by atoms with van der Waals surface area (Å²) in [5, 5.41) is 7.87. The first-order chi connectivity index (χ1) is 10.0. The quantitative estimate of drug-likeness (QED) is 0.819. The molecule has 21 heavy (non-hydrogen) atoms. The van der Waals surface area contributed by atoms with Gasteiger partial charge in [-0.3, -0.25) is 9.58 Å². The second-order valence-corrected chi connectivity index (χ2v) is 7.35. The molecule has 5 heteroatoms. The monoisotopic (exact) mass is 304 g/mol. The van der Waals surface area contributed by atoms with Gasteiger partial charge in [0.05, 0.1) is 16.9 Å². The molecule has 0 amide bonds. The Hall–Kier alpha value is -1.20. The molecular weight excluding hydrogens is 280 g/mol. The van der Waals surface area contributed by atoms with Crippen LogP contribution in [0.2, 0.25) is 0 Å². The van der Waals surface area contributed by atoms with Crippen molar-refractivity contribution in [1.29, 1.82) is 0 Å². The molecule has 0 bridgehead atoms. The molecule has 0 aromatic carbocycles. The van der Waals surface area contributed by atoms with E-state index >= 15 is 0 Å². The fraction of sp³-hybridized carbons (Fsp3) is 0.625. The average molecular weight is 304 g/mol. The highest BCUT2D eigenvalue weighted by atomic mass is 32.1. The Morgan fingerprint density at radius 2 is 2.14 bits per heavy atom. The smallest absolute Gasteiger partial charge is 0.0954 e. The molecular formula is C16H24N4S. The van der Waals surface area contributed by atoms with Gasteiger partial charge in [0.2, 0.25) is 0 Å².